The van der Waals surface area contributed by atoms with Crippen LogP contribution in [-0.2, 0) is 9.84 Å². The summed E-state index contributed by atoms with van der Waals surface area (Å²) >= 11 is 3.45. The lowest BCUT2D eigenvalue weighted by atomic mass is 10.1. The Morgan fingerprint density at radius 1 is 1.35 bits per heavy atom. The summed E-state index contributed by atoms with van der Waals surface area (Å²) < 4.78 is 27.5. The van der Waals surface area contributed by atoms with Crippen LogP contribution >= 0.6 is 15.9 Å². The summed E-state index contributed by atoms with van der Waals surface area (Å²) in [6.07, 6.45) is 3.34. The Morgan fingerprint density at radius 3 is 2.70 bits per heavy atom. The topological polar surface area (TPSA) is 77.7 Å². The maximum atomic E-state index is 12.6. The highest BCUT2D eigenvalue weighted by molar-refractivity contribution is 9.11. The lowest BCUT2D eigenvalue weighted by Crippen LogP contribution is -2.16. The van der Waals surface area contributed by atoms with E-state index in [4.69, 9.17) is 0 Å². The molecule has 2 aromatic rings. The highest BCUT2D eigenvalue weighted by atomic mass is 79.9. The summed E-state index contributed by atoms with van der Waals surface area (Å²) in [6.45, 7) is 3.97. The van der Waals surface area contributed by atoms with Crippen molar-refractivity contribution in [3.05, 3.63) is 40.9 Å². The second-order valence-corrected chi connectivity index (χ2v) is 8.38. The van der Waals surface area contributed by atoms with Crippen LogP contribution in [0.25, 0.3) is 5.69 Å². The summed E-state index contributed by atoms with van der Waals surface area (Å²) in [5.74, 6) is 0.266. The minimum absolute atomic E-state index is 0.0192. The van der Waals surface area contributed by atoms with E-state index < -0.39 is 9.84 Å². The van der Waals surface area contributed by atoms with Gasteiger partial charge in [0.1, 0.15) is 0 Å². The molecule has 0 spiro atoms. The fourth-order valence-corrected chi connectivity index (χ4v) is 4.12. The monoisotopic (exact) mass is 398 g/mol. The Bertz CT molecular complexity index is 772. The van der Waals surface area contributed by atoms with Crippen LogP contribution in [0.3, 0.4) is 0 Å². The van der Waals surface area contributed by atoms with Crippen LogP contribution in [0.15, 0.2) is 46.0 Å². The molecule has 0 N–H and O–H groups in total. The number of allylic oxidation sites excluding steroid dienone is 2. The van der Waals surface area contributed by atoms with Gasteiger partial charge in [-0.05, 0) is 52.7 Å². The van der Waals surface area contributed by atoms with Gasteiger partial charge in [0.15, 0.2) is 0 Å². The smallest absolute Gasteiger partial charge is 0.220 e. The Kier molecular flexibility index (Phi) is 6.06. The molecule has 124 valence electrons. The molecule has 8 heteroatoms. The fraction of sp³-hybridized carbons (Fsp3) is 0.400. The van der Waals surface area contributed by atoms with Gasteiger partial charge in [-0.2, -0.15) is 4.68 Å². The van der Waals surface area contributed by atoms with Crippen molar-refractivity contribution in [1.29, 1.82) is 0 Å². The maximum Gasteiger partial charge on any atom is 0.272 e. The van der Waals surface area contributed by atoms with E-state index in [0.29, 0.717) is 12.1 Å². The van der Waals surface area contributed by atoms with Crippen LogP contribution in [0.4, 0.5) is 0 Å². The molecule has 1 aromatic heterocycles. The van der Waals surface area contributed by atoms with E-state index in [1.165, 1.54) is 4.68 Å². The van der Waals surface area contributed by atoms with Gasteiger partial charge in [0.2, 0.25) is 9.84 Å². The largest absolute Gasteiger partial charge is 0.272 e. The molecule has 0 unspecified atom stereocenters. The third kappa shape index (κ3) is 4.71. The van der Waals surface area contributed by atoms with Crippen molar-refractivity contribution in [2.75, 3.05) is 5.75 Å². The Morgan fingerprint density at radius 2 is 2.04 bits per heavy atom. The van der Waals surface area contributed by atoms with E-state index in [9.17, 15) is 8.42 Å². The molecule has 0 radical (unpaired) electrons. The first-order valence-corrected chi connectivity index (χ1v) is 9.76. The number of sulfone groups is 1. The summed E-state index contributed by atoms with van der Waals surface area (Å²) in [5.41, 5.74) is 0.626. The maximum absolute atomic E-state index is 12.6. The highest BCUT2D eigenvalue weighted by Crippen LogP contribution is 2.21. The first kappa shape index (κ1) is 17.8. The molecule has 1 heterocycles. The Hall–Kier alpha value is -1.54. The molecule has 0 bridgehead atoms. The van der Waals surface area contributed by atoms with E-state index in [-0.39, 0.29) is 16.8 Å². The lowest BCUT2D eigenvalue weighted by Gasteiger charge is -2.11. The predicted molar refractivity (Wildman–Crippen MR) is 92.3 cm³/mol. The summed E-state index contributed by atoms with van der Waals surface area (Å²) in [7, 11) is -3.54. The van der Waals surface area contributed by atoms with Crippen LogP contribution in [0.5, 0.6) is 0 Å². The van der Waals surface area contributed by atoms with Crippen molar-refractivity contribution in [2.24, 2.45) is 5.92 Å². The Balaban J connectivity index is 2.14. The SMILES string of the molecule is C/C=C(\Br)C[C@H](C)CCS(=O)(=O)c1nnnn1-c1ccccc1. The zero-order chi connectivity index (χ0) is 16.9. The summed E-state index contributed by atoms with van der Waals surface area (Å²) in [5, 5.41) is 10.9. The third-order valence-electron chi connectivity index (χ3n) is 3.46. The van der Waals surface area contributed by atoms with Crippen LogP contribution in [0, 0.1) is 5.92 Å². The second-order valence-electron chi connectivity index (χ2n) is 5.36. The van der Waals surface area contributed by atoms with Gasteiger partial charge in [-0.1, -0.05) is 52.2 Å². The molecular formula is C15H19BrN4O2S. The summed E-state index contributed by atoms with van der Waals surface area (Å²) in [4.78, 5) is 0. The number of tetrazole rings is 1. The number of nitrogens with zero attached hydrogens (tertiary/aromatic N) is 4. The molecule has 0 amide bonds. The van der Waals surface area contributed by atoms with Gasteiger partial charge in [0.25, 0.3) is 5.16 Å². The van der Waals surface area contributed by atoms with E-state index in [1.54, 1.807) is 12.1 Å². The van der Waals surface area contributed by atoms with Gasteiger partial charge in [0, 0.05) is 0 Å². The normalized spacial score (nSPS) is 14.0. The van der Waals surface area contributed by atoms with Crippen molar-refractivity contribution in [3.63, 3.8) is 0 Å². The van der Waals surface area contributed by atoms with Gasteiger partial charge in [0.05, 0.1) is 11.4 Å². The molecule has 6 nitrogen and oxygen atoms in total. The number of halogens is 1. The van der Waals surface area contributed by atoms with Gasteiger partial charge in [-0.25, -0.2) is 8.42 Å². The van der Waals surface area contributed by atoms with Crippen LogP contribution < -0.4 is 0 Å². The molecular weight excluding hydrogens is 380 g/mol. The molecule has 23 heavy (non-hydrogen) atoms. The van der Waals surface area contributed by atoms with Crippen LogP contribution in [-0.4, -0.2) is 34.4 Å². The number of benzene rings is 1. The molecule has 0 aliphatic carbocycles. The number of para-hydroxylation sites is 1. The van der Waals surface area contributed by atoms with E-state index in [2.05, 4.69) is 31.5 Å². The molecule has 0 saturated heterocycles. The standard InChI is InChI=1S/C15H19BrN4O2S/c1-3-13(16)11-12(2)9-10-23(21,22)15-17-18-19-20(15)14-7-5-4-6-8-14/h3-8,12H,9-11H2,1-2H3/b13-3-/t12-/m1/s1. The number of hydrogen-bond acceptors (Lipinski definition) is 5. The second kappa shape index (κ2) is 7.83. The molecule has 0 saturated carbocycles. The average Bonchev–Trinajstić information content (AvgIpc) is 3.04. The van der Waals surface area contributed by atoms with Crippen molar-refractivity contribution < 1.29 is 8.42 Å². The summed E-state index contributed by atoms with van der Waals surface area (Å²) in [6, 6.07) is 9.00. The average molecular weight is 399 g/mol. The molecule has 0 fully saturated rings. The van der Waals surface area contributed by atoms with Crippen molar-refractivity contribution in [2.45, 2.75) is 31.8 Å². The molecule has 2 rings (SSSR count). The number of rotatable bonds is 7. The zero-order valence-electron chi connectivity index (χ0n) is 13.1. The van der Waals surface area contributed by atoms with Gasteiger partial charge >= 0.3 is 0 Å². The van der Waals surface area contributed by atoms with E-state index in [1.807, 2.05) is 38.1 Å². The molecule has 1 aromatic carbocycles. The van der Waals surface area contributed by atoms with Crippen LogP contribution in [0.2, 0.25) is 0 Å². The minimum Gasteiger partial charge on any atom is -0.220 e. The van der Waals surface area contributed by atoms with Gasteiger partial charge < -0.3 is 0 Å². The Labute approximate surface area is 144 Å². The minimum atomic E-state index is -3.54. The molecule has 0 aliphatic rings. The highest BCUT2D eigenvalue weighted by Gasteiger charge is 2.24. The molecule has 0 aliphatic heterocycles. The van der Waals surface area contributed by atoms with Gasteiger partial charge in [-0.3, -0.25) is 0 Å². The number of aromatic nitrogens is 4. The van der Waals surface area contributed by atoms with E-state index in [0.717, 1.165) is 10.9 Å². The zero-order valence-corrected chi connectivity index (χ0v) is 15.5. The van der Waals surface area contributed by atoms with Crippen molar-refractivity contribution in [1.82, 2.24) is 20.2 Å². The van der Waals surface area contributed by atoms with Crippen LogP contribution in [0.1, 0.15) is 26.7 Å². The van der Waals surface area contributed by atoms with E-state index >= 15 is 0 Å². The predicted octanol–water partition coefficient (Wildman–Crippen LogP) is 3.15. The first-order chi connectivity index (χ1) is 10.9. The third-order valence-corrected chi connectivity index (χ3v) is 5.82. The lowest BCUT2D eigenvalue weighted by molar-refractivity contribution is 0.542. The quantitative estimate of drug-likeness (QED) is 0.715. The molecule has 1 atom stereocenters. The van der Waals surface area contributed by atoms with Crippen molar-refractivity contribution in [3.8, 4) is 5.69 Å². The first-order valence-electron chi connectivity index (χ1n) is 7.31. The van der Waals surface area contributed by atoms with Crippen molar-refractivity contribution >= 4 is 25.8 Å². The van der Waals surface area contributed by atoms with Gasteiger partial charge in [-0.15, -0.1) is 0 Å². The fourth-order valence-electron chi connectivity index (χ4n) is 2.10. The number of hydrogen-bond donors (Lipinski definition) is 0.